The zero-order valence-corrected chi connectivity index (χ0v) is 28.3. The molecule has 0 N–H and O–H groups in total. The maximum Gasteiger partial charge on any atom is 0.227 e. The van der Waals surface area contributed by atoms with Crippen molar-refractivity contribution in [3.8, 4) is 33.7 Å². The Labute approximate surface area is 301 Å². The molecule has 1 aromatic heterocycles. The molecule has 0 saturated heterocycles. The highest BCUT2D eigenvalue weighted by molar-refractivity contribution is 6.05. The van der Waals surface area contributed by atoms with Crippen molar-refractivity contribution in [2.24, 2.45) is 0 Å². The van der Waals surface area contributed by atoms with E-state index in [1.807, 2.05) is 0 Å². The van der Waals surface area contributed by atoms with E-state index < -0.39 is 0 Å². The van der Waals surface area contributed by atoms with Gasteiger partial charge >= 0.3 is 0 Å². The predicted octanol–water partition coefficient (Wildman–Crippen LogP) is 13.8. The van der Waals surface area contributed by atoms with E-state index in [0.717, 1.165) is 55.6 Å². The molecule has 0 fully saturated rings. The lowest BCUT2D eigenvalue weighted by Gasteiger charge is -2.26. The van der Waals surface area contributed by atoms with E-state index in [0.29, 0.717) is 5.89 Å². The van der Waals surface area contributed by atoms with Crippen molar-refractivity contribution in [3.63, 3.8) is 0 Å². The van der Waals surface area contributed by atoms with E-state index in [1.54, 1.807) is 0 Å². The van der Waals surface area contributed by atoms with Crippen LogP contribution in [0.4, 0.5) is 17.1 Å². The van der Waals surface area contributed by atoms with Crippen molar-refractivity contribution in [3.05, 3.63) is 194 Å². The van der Waals surface area contributed by atoms with Crippen LogP contribution in [0, 0.1) is 0 Å². The number of hydrogen-bond acceptors (Lipinski definition) is 3. The van der Waals surface area contributed by atoms with Crippen LogP contribution in [-0.2, 0) is 0 Å². The number of benzene rings is 9. The largest absolute Gasteiger partial charge is 0.435 e. The average Bonchev–Trinajstić information content (AvgIpc) is 3.66. The summed E-state index contributed by atoms with van der Waals surface area (Å²) in [5.74, 6) is 0.638. The number of anilines is 3. The summed E-state index contributed by atoms with van der Waals surface area (Å²) in [5, 5.41) is 7.04. The number of fused-ring (bicyclic) bond motifs is 5. The average molecular weight is 665 g/mol. The number of para-hydroxylation sites is 1. The molecule has 0 bridgehead atoms. The Morgan fingerprint density at radius 2 is 1.02 bits per heavy atom. The number of rotatable bonds is 6. The molecule has 0 spiro atoms. The molecule has 0 radical (unpaired) electrons. The summed E-state index contributed by atoms with van der Waals surface area (Å²) in [7, 11) is 0. The third-order valence-corrected chi connectivity index (χ3v) is 10.0. The number of oxazole rings is 1. The number of aromatic nitrogens is 1. The molecule has 0 atom stereocenters. The Morgan fingerprint density at radius 3 is 1.90 bits per heavy atom. The molecule has 1 heterocycles. The van der Waals surface area contributed by atoms with Crippen LogP contribution in [0.5, 0.6) is 0 Å². The summed E-state index contributed by atoms with van der Waals surface area (Å²) in [4.78, 5) is 7.19. The first-order valence-corrected chi connectivity index (χ1v) is 17.6. The lowest BCUT2D eigenvalue weighted by molar-refractivity contribution is 0.623. The molecule has 10 aromatic rings. The van der Waals surface area contributed by atoms with Crippen LogP contribution in [-0.4, -0.2) is 4.98 Å². The maximum atomic E-state index is 6.43. The van der Waals surface area contributed by atoms with Gasteiger partial charge in [-0.1, -0.05) is 127 Å². The molecule has 0 aliphatic heterocycles. The Morgan fingerprint density at radius 1 is 0.365 bits per heavy atom. The summed E-state index contributed by atoms with van der Waals surface area (Å²) in [6.07, 6.45) is 0. The van der Waals surface area contributed by atoms with E-state index in [1.165, 1.54) is 32.7 Å². The van der Waals surface area contributed by atoms with E-state index in [4.69, 9.17) is 9.40 Å². The monoisotopic (exact) mass is 664 g/mol. The van der Waals surface area contributed by atoms with E-state index >= 15 is 0 Å². The number of hydrogen-bond donors (Lipinski definition) is 0. The van der Waals surface area contributed by atoms with Gasteiger partial charge in [0.1, 0.15) is 5.52 Å². The quantitative estimate of drug-likeness (QED) is 0.177. The lowest BCUT2D eigenvalue weighted by Crippen LogP contribution is -2.09. The fourth-order valence-corrected chi connectivity index (χ4v) is 7.46. The van der Waals surface area contributed by atoms with Gasteiger partial charge in [-0.05, 0) is 116 Å². The smallest absolute Gasteiger partial charge is 0.227 e. The molecule has 10 rings (SSSR count). The third kappa shape index (κ3) is 5.28. The van der Waals surface area contributed by atoms with Gasteiger partial charge in [0.15, 0.2) is 5.58 Å². The molecule has 0 saturated carbocycles. The Kier molecular flexibility index (Phi) is 7.14. The van der Waals surface area contributed by atoms with E-state index in [9.17, 15) is 0 Å². The molecule has 3 heteroatoms. The highest BCUT2D eigenvalue weighted by atomic mass is 16.3. The third-order valence-electron chi connectivity index (χ3n) is 10.0. The Hall–Kier alpha value is -6.97. The molecule has 9 aromatic carbocycles. The van der Waals surface area contributed by atoms with Gasteiger partial charge in [0.2, 0.25) is 5.89 Å². The van der Waals surface area contributed by atoms with Crippen LogP contribution < -0.4 is 4.90 Å². The van der Waals surface area contributed by atoms with Crippen molar-refractivity contribution in [2.75, 3.05) is 4.90 Å². The van der Waals surface area contributed by atoms with Crippen LogP contribution in [0.15, 0.2) is 199 Å². The standard InChI is InChI=1S/C49H32N2O/c1-2-15-41(16-3-1)51(43-17-8-14-38(32-43)45-19-9-13-35-11-6-7-18-44(35)45)42-26-22-34(23-27-42)37-24-28-46-39(30-37)25-29-47-48(46)52-49(50-47)40-21-20-33-10-4-5-12-36(33)31-40/h1-32H. The van der Waals surface area contributed by atoms with Crippen LogP contribution in [0.2, 0.25) is 0 Å². The first-order chi connectivity index (χ1) is 25.7. The van der Waals surface area contributed by atoms with Crippen LogP contribution >= 0.6 is 0 Å². The molecule has 244 valence electrons. The summed E-state index contributed by atoms with van der Waals surface area (Å²) < 4.78 is 6.43. The summed E-state index contributed by atoms with van der Waals surface area (Å²) in [5.41, 5.74) is 10.7. The van der Waals surface area contributed by atoms with Gasteiger partial charge in [-0.3, -0.25) is 0 Å². The molecule has 0 unspecified atom stereocenters. The lowest BCUT2D eigenvalue weighted by atomic mass is 9.97. The van der Waals surface area contributed by atoms with Crippen molar-refractivity contribution in [2.45, 2.75) is 0 Å². The van der Waals surface area contributed by atoms with Gasteiger partial charge in [0.05, 0.1) is 0 Å². The molecule has 0 aliphatic rings. The molecular weight excluding hydrogens is 633 g/mol. The van der Waals surface area contributed by atoms with Gasteiger partial charge in [-0.2, -0.15) is 0 Å². The fraction of sp³-hybridized carbons (Fsp3) is 0. The second kappa shape index (κ2) is 12.4. The van der Waals surface area contributed by atoms with Gasteiger partial charge < -0.3 is 9.32 Å². The van der Waals surface area contributed by atoms with Gasteiger partial charge in [-0.25, -0.2) is 4.98 Å². The topological polar surface area (TPSA) is 29.3 Å². The van der Waals surface area contributed by atoms with Gasteiger partial charge in [0.25, 0.3) is 0 Å². The second-order valence-electron chi connectivity index (χ2n) is 13.2. The normalized spacial score (nSPS) is 11.5. The molecular formula is C49H32N2O. The molecule has 52 heavy (non-hydrogen) atoms. The first-order valence-electron chi connectivity index (χ1n) is 17.6. The molecule has 0 amide bonds. The van der Waals surface area contributed by atoms with Crippen molar-refractivity contribution >= 4 is 60.5 Å². The van der Waals surface area contributed by atoms with Crippen LogP contribution in [0.25, 0.3) is 77.1 Å². The summed E-state index contributed by atoms with van der Waals surface area (Å²) in [6.45, 7) is 0. The first kappa shape index (κ1) is 29.9. The van der Waals surface area contributed by atoms with Crippen LogP contribution in [0.3, 0.4) is 0 Å². The minimum absolute atomic E-state index is 0.638. The zero-order chi connectivity index (χ0) is 34.4. The Balaban J connectivity index is 0.995. The van der Waals surface area contributed by atoms with E-state index in [2.05, 4.69) is 199 Å². The summed E-state index contributed by atoms with van der Waals surface area (Å²) in [6, 6.07) is 68.9. The van der Waals surface area contributed by atoms with Crippen LogP contribution in [0.1, 0.15) is 0 Å². The molecule has 0 aliphatic carbocycles. The predicted molar refractivity (Wildman–Crippen MR) is 218 cm³/mol. The fourth-order valence-electron chi connectivity index (χ4n) is 7.46. The van der Waals surface area contributed by atoms with Crippen molar-refractivity contribution in [1.82, 2.24) is 4.98 Å². The maximum absolute atomic E-state index is 6.43. The second-order valence-corrected chi connectivity index (χ2v) is 13.2. The van der Waals surface area contributed by atoms with Gasteiger partial charge in [0, 0.05) is 28.0 Å². The zero-order valence-electron chi connectivity index (χ0n) is 28.3. The van der Waals surface area contributed by atoms with Gasteiger partial charge in [-0.15, -0.1) is 0 Å². The Bertz CT molecular complexity index is 2900. The van der Waals surface area contributed by atoms with Crippen molar-refractivity contribution < 1.29 is 4.42 Å². The number of nitrogens with zero attached hydrogens (tertiary/aromatic N) is 2. The highest BCUT2D eigenvalue weighted by Gasteiger charge is 2.16. The SMILES string of the molecule is c1ccc(N(c2ccc(-c3ccc4c(ccc5nc(-c6ccc7ccccc7c6)oc54)c3)cc2)c2cccc(-c3cccc4ccccc34)c2)cc1. The minimum atomic E-state index is 0.638. The summed E-state index contributed by atoms with van der Waals surface area (Å²) >= 11 is 0. The highest BCUT2D eigenvalue weighted by Crippen LogP contribution is 2.39. The minimum Gasteiger partial charge on any atom is -0.435 e. The van der Waals surface area contributed by atoms with E-state index in [-0.39, 0.29) is 0 Å². The molecule has 3 nitrogen and oxygen atoms in total. The van der Waals surface area contributed by atoms with Crippen molar-refractivity contribution in [1.29, 1.82) is 0 Å².